The molecule has 209 valence electrons. The summed E-state index contributed by atoms with van der Waals surface area (Å²) in [6.07, 6.45) is 39.2. The van der Waals surface area contributed by atoms with Crippen LogP contribution in [0, 0.1) is 5.92 Å². The summed E-state index contributed by atoms with van der Waals surface area (Å²) in [6.45, 7) is 6.67. The fourth-order valence-corrected chi connectivity index (χ4v) is 5.24. The number of Topliss-reactive ketones (excluding diaryl/α,β-unsaturated/α-hetero) is 1. The number of unbranched alkanes of at least 4 members (excludes halogenated alkanes) is 25. The van der Waals surface area contributed by atoms with Crippen molar-refractivity contribution in [2.24, 2.45) is 0 Å². The van der Waals surface area contributed by atoms with Crippen molar-refractivity contribution in [3.63, 3.8) is 0 Å². The number of rotatable bonds is 30. The van der Waals surface area contributed by atoms with Crippen LogP contribution >= 0.6 is 0 Å². The van der Waals surface area contributed by atoms with Crippen LogP contribution in [0.2, 0.25) is 0 Å². The Morgan fingerprint density at radius 3 is 0.857 bits per heavy atom. The lowest BCUT2D eigenvalue weighted by Crippen LogP contribution is -2.08. The number of ketones is 1. The van der Waals surface area contributed by atoms with E-state index in [1.165, 1.54) is 167 Å². The molecule has 1 nitrogen and oxygen atoms in total. The third-order valence-corrected chi connectivity index (χ3v) is 7.89. The van der Waals surface area contributed by atoms with Gasteiger partial charge in [0.15, 0.2) is 0 Å². The van der Waals surface area contributed by atoms with Gasteiger partial charge in [-0.1, -0.05) is 188 Å². The molecule has 0 saturated heterocycles. The molecule has 35 heavy (non-hydrogen) atoms. The Balaban J connectivity index is 3.28. The highest BCUT2D eigenvalue weighted by Crippen LogP contribution is 2.19. The van der Waals surface area contributed by atoms with E-state index in [-0.39, 0.29) is 0 Å². The van der Waals surface area contributed by atoms with Crippen molar-refractivity contribution in [1.29, 1.82) is 0 Å². The van der Waals surface area contributed by atoms with E-state index in [2.05, 4.69) is 20.8 Å². The van der Waals surface area contributed by atoms with Gasteiger partial charge in [0.1, 0.15) is 5.78 Å². The molecule has 0 atom stereocenters. The van der Waals surface area contributed by atoms with Crippen LogP contribution in [0.3, 0.4) is 0 Å². The van der Waals surface area contributed by atoms with Crippen LogP contribution in [0.4, 0.5) is 0 Å². The molecule has 0 amide bonds. The van der Waals surface area contributed by atoms with Crippen LogP contribution in [-0.2, 0) is 4.79 Å². The first kappa shape index (κ1) is 34.7. The van der Waals surface area contributed by atoms with Crippen molar-refractivity contribution >= 4 is 5.78 Å². The normalized spacial score (nSPS) is 11.5. The lowest BCUT2D eigenvalue weighted by Gasteiger charge is -2.10. The maximum absolute atomic E-state index is 12.4. The zero-order valence-electron chi connectivity index (χ0n) is 24.9. The van der Waals surface area contributed by atoms with Gasteiger partial charge < -0.3 is 0 Å². The predicted molar refractivity (Wildman–Crippen MR) is 159 cm³/mol. The van der Waals surface area contributed by atoms with E-state index in [1.54, 1.807) is 0 Å². The van der Waals surface area contributed by atoms with Crippen LogP contribution in [0.1, 0.15) is 207 Å². The standard InChI is InChI=1S/C34H67O/c1-4-6-8-10-12-14-16-18-20-21-23-25-27-29-31-33(3)34(35)32-30-28-26-24-22-19-17-15-13-11-9-7-5-2/h4-32H2,1-3H3. The third kappa shape index (κ3) is 28.1. The number of carbonyl (C=O) groups excluding carboxylic acids is 1. The van der Waals surface area contributed by atoms with Crippen LogP contribution < -0.4 is 0 Å². The summed E-state index contributed by atoms with van der Waals surface area (Å²) in [7, 11) is 0. The van der Waals surface area contributed by atoms with Crippen molar-refractivity contribution < 1.29 is 4.79 Å². The topological polar surface area (TPSA) is 17.1 Å². The second-order valence-electron chi connectivity index (χ2n) is 11.5. The van der Waals surface area contributed by atoms with Gasteiger partial charge in [0.25, 0.3) is 0 Å². The molecule has 1 heteroatoms. The highest BCUT2D eigenvalue weighted by molar-refractivity contribution is 5.91. The smallest absolute Gasteiger partial charge is 0.139 e. The van der Waals surface area contributed by atoms with Gasteiger partial charge in [-0.25, -0.2) is 0 Å². The Hall–Kier alpha value is -0.330. The maximum atomic E-state index is 12.4. The van der Waals surface area contributed by atoms with E-state index in [1.807, 2.05) is 0 Å². The molecule has 0 spiro atoms. The summed E-state index contributed by atoms with van der Waals surface area (Å²) in [5.74, 6) is 1.59. The first-order valence-electron chi connectivity index (χ1n) is 16.6. The van der Waals surface area contributed by atoms with Gasteiger partial charge in [-0.05, 0) is 12.8 Å². The fourth-order valence-electron chi connectivity index (χ4n) is 5.24. The highest BCUT2D eigenvalue weighted by Gasteiger charge is 2.12. The molecule has 1 radical (unpaired) electrons. The lowest BCUT2D eigenvalue weighted by atomic mass is 9.94. The summed E-state index contributed by atoms with van der Waals surface area (Å²) in [6, 6.07) is 0. The summed E-state index contributed by atoms with van der Waals surface area (Å²) in [5.41, 5.74) is 0. The minimum atomic E-state index is 0.447. The molecule has 0 fully saturated rings. The van der Waals surface area contributed by atoms with Crippen LogP contribution in [-0.4, -0.2) is 5.78 Å². The molecule has 0 rings (SSSR count). The van der Waals surface area contributed by atoms with Crippen LogP contribution in [0.25, 0.3) is 0 Å². The van der Waals surface area contributed by atoms with Crippen molar-refractivity contribution in [3.05, 3.63) is 5.92 Å². The molecule has 0 aromatic carbocycles. The molecule has 0 heterocycles. The van der Waals surface area contributed by atoms with Gasteiger partial charge in [0, 0.05) is 12.3 Å². The Kier molecular flexibility index (Phi) is 29.6. The van der Waals surface area contributed by atoms with Crippen molar-refractivity contribution in [1.82, 2.24) is 0 Å². The molecule has 0 aromatic heterocycles. The third-order valence-electron chi connectivity index (χ3n) is 7.89. The summed E-state index contributed by atoms with van der Waals surface area (Å²) < 4.78 is 0. The zero-order valence-corrected chi connectivity index (χ0v) is 24.9. The molecule has 0 aromatic rings. The van der Waals surface area contributed by atoms with E-state index in [0.29, 0.717) is 5.78 Å². The molecule has 0 saturated carbocycles. The average Bonchev–Trinajstić information content (AvgIpc) is 2.86. The Bertz CT molecular complexity index is 401. The van der Waals surface area contributed by atoms with E-state index in [0.717, 1.165) is 25.2 Å². The largest absolute Gasteiger partial charge is 0.299 e. The van der Waals surface area contributed by atoms with Gasteiger partial charge in [0.05, 0.1) is 0 Å². The van der Waals surface area contributed by atoms with Crippen molar-refractivity contribution in [2.75, 3.05) is 0 Å². The van der Waals surface area contributed by atoms with Crippen molar-refractivity contribution in [3.8, 4) is 0 Å². The first-order chi connectivity index (χ1) is 17.2. The summed E-state index contributed by atoms with van der Waals surface area (Å²) in [4.78, 5) is 12.4. The Morgan fingerprint density at radius 1 is 0.343 bits per heavy atom. The fraction of sp³-hybridized carbons (Fsp3) is 0.941. The molecule has 0 unspecified atom stereocenters. The Labute approximate surface area is 223 Å². The molecule has 0 N–H and O–H groups in total. The summed E-state index contributed by atoms with van der Waals surface area (Å²) >= 11 is 0. The van der Waals surface area contributed by atoms with Gasteiger partial charge in [-0.15, -0.1) is 0 Å². The minimum absolute atomic E-state index is 0.447. The predicted octanol–water partition coefficient (Wildman–Crippen LogP) is 12.5. The first-order valence-corrected chi connectivity index (χ1v) is 16.6. The van der Waals surface area contributed by atoms with Gasteiger partial charge in [-0.2, -0.15) is 0 Å². The van der Waals surface area contributed by atoms with E-state index in [9.17, 15) is 4.79 Å². The molecule has 0 bridgehead atoms. The molecule has 0 aliphatic carbocycles. The molecule has 0 aliphatic heterocycles. The maximum Gasteiger partial charge on any atom is 0.139 e. The zero-order chi connectivity index (χ0) is 25.7. The lowest BCUT2D eigenvalue weighted by molar-refractivity contribution is -0.117. The minimum Gasteiger partial charge on any atom is -0.299 e. The number of hydrogen-bond donors (Lipinski definition) is 0. The van der Waals surface area contributed by atoms with E-state index in [4.69, 9.17) is 0 Å². The van der Waals surface area contributed by atoms with E-state index < -0.39 is 0 Å². The Morgan fingerprint density at radius 2 is 0.571 bits per heavy atom. The van der Waals surface area contributed by atoms with Crippen molar-refractivity contribution in [2.45, 2.75) is 207 Å². The number of hydrogen-bond acceptors (Lipinski definition) is 1. The van der Waals surface area contributed by atoms with Gasteiger partial charge in [-0.3, -0.25) is 4.79 Å². The highest BCUT2D eigenvalue weighted by atomic mass is 16.1. The summed E-state index contributed by atoms with van der Waals surface area (Å²) in [5, 5.41) is 0. The van der Waals surface area contributed by atoms with E-state index >= 15 is 0 Å². The van der Waals surface area contributed by atoms with Gasteiger partial charge in [0.2, 0.25) is 0 Å². The van der Waals surface area contributed by atoms with Crippen LogP contribution in [0.5, 0.6) is 0 Å². The van der Waals surface area contributed by atoms with Crippen LogP contribution in [0.15, 0.2) is 0 Å². The molecule has 0 aliphatic rings. The monoisotopic (exact) mass is 492 g/mol. The SMILES string of the molecule is CCCCCCCCCCCCCCCC[C](C)C(=O)CCCCCCCCCCCCCCC. The van der Waals surface area contributed by atoms with Gasteiger partial charge >= 0.3 is 0 Å². The second-order valence-corrected chi connectivity index (χ2v) is 11.5. The number of carbonyl (C=O) groups is 1. The average molecular weight is 492 g/mol. The molecular formula is C34H67O. The quantitative estimate of drug-likeness (QED) is 0.0913. The second kappa shape index (κ2) is 29.9. The molecular weight excluding hydrogens is 424 g/mol.